The zero-order valence-corrected chi connectivity index (χ0v) is 7.00. The van der Waals surface area contributed by atoms with E-state index < -0.39 is 0 Å². The van der Waals surface area contributed by atoms with E-state index >= 15 is 0 Å². The van der Waals surface area contributed by atoms with Crippen molar-refractivity contribution in [3.05, 3.63) is 35.9 Å². The molecule has 0 aliphatic carbocycles. The van der Waals surface area contributed by atoms with E-state index in [1.165, 1.54) is 0 Å². The van der Waals surface area contributed by atoms with Gasteiger partial charge in [-0.25, -0.2) is 0 Å². The maximum atomic E-state index is 10.5. The molecule has 1 N–H and O–H groups in total. The summed E-state index contributed by atoms with van der Waals surface area (Å²) in [5, 5.41) is 2.94. The lowest BCUT2D eigenvalue weighted by Gasteiger charge is -2.04. The molecule has 0 aliphatic heterocycles. The van der Waals surface area contributed by atoms with Crippen LogP contribution in [0.5, 0.6) is 0 Å². The number of hydrogen-bond donors (Lipinski definition) is 1. The average Bonchev–Trinajstić information content (AvgIpc) is 2.16. The summed E-state index contributed by atoms with van der Waals surface area (Å²) in [6.07, 6.45) is 2.58. The Balaban J connectivity index is 3.18. The molecule has 1 aromatic carbocycles. The number of rotatable bonds is 3. The normalized spacial score (nSPS) is 9.00. The highest BCUT2D eigenvalue weighted by molar-refractivity contribution is 6.17. The maximum absolute atomic E-state index is 10.5. The van der Waals surface area contributed by atoms with Crippen LogP contribution in [0.15, 0.2) is 24.8 Å². The Morgan fingerprint density at radius 2 is 2.25 bits per heavy atom. The minimum atomic E-state index is 0.670. The third-order valence-electron chi connectivity index (χ3n) is 1.71. The van der Waals surface area contributed by atoms with Crippen LogP contribution in [-0.4, -0.2) is 14.3 Å². The van der Waals surface area contributed by atoms with Crippen LogP contribution in [0.25, 0.3) is 6.08 Å². The van der Waals surface area contributed by atoms with Gasteiger partial charge in [-0.05, 0) is 17.7 Å². The first-order chi connectivity index (χ1) is 5.81. The summed E-state index contributed by atoms with van der Waals surface area (Å²) in [7, 11) is 1.79. The topological polar surface area (TPSA) is 29.1 Å². The van der Waals surface area contributed by atoms with Gasteiger partial charge < -0.3 is 5.23 Å². The molecular weight excluding hydrogens is 149 g/mol. The number of carbonyl (C=O) groups excluding carboxylic acids is 1. The van der Waals surface area contributed by atoms with E-state index in [1.807, 2.05) is 12.1 Å². The van der Waals surface area contributed by atoms with Crippen molar-refractivity contribution in [2.75, 3.05) is 5.23 Å². The van der Waals surface area contributed by atoms with Crippen LogP contribution in [0.3, 0.4) is 0 Å². The molecule has 12 heavy (non-hydrogen) atoms. The Kier molecular flexibility index (Phi) is 2.69. The molecule has 0 aromatic heterocycles. The van der Waals surface area contributed by atoms with Crippen molar-refractivity contribution in [2.45, 2.75) is 0 Å². The highest BCUT2D eigenvalue weighted by Crippen LogP contribution is 2.15. The van der Waals surface area contributed by atoms with Gasteiger partial charge in [-0.1, -0.05) is 18.7 Å². The van der Waals surface area contributed by atoms with E-state index in [9.17, 15) is 4.79 Å². The van der Waals surface area contributed by atoms with E-state index in [0.29, 0.717) is 5.56 Å². The van der Waals surface area contributed by atoms with Crippen molar-refractivity contribution in [3.8, 4) is 0 Å². The molecule has 3 heteroatoms. The van der Waals surface area contributed by atoms with Crippen molar-refractivity contribution in [1.29, 1.82) is 0 Å². The quantitative estimate of drug-likeness (QED) is 0.528. The molecule has 0 spiro atoms. The van der Waals surface area contributed by atoms with Gasteiger partial charge in [-0.2, -0.15) is 0 Å². The molecule has 0 fully saturated rings. The lowest BCUT2D eigenvalue weighted by Crippen LogP contribution is -1.96. The molecule has 0 unspecified atom stereocenters. The van der Waals surface area contributed by atoms with Crippen LogP contribution >= 0.6 is 0 Å². The number of nitrogens with one attached hydrogen (secondary N) is 1. The lowest BCUT2D eigenvalue weighted by atomic mass is 10.1. The molecule has 0 saturated heterocycles. The fourth-order valence-corrected chi connectivity index (χ4v) is 1.02. The van der Waals surface area contributed by atoms with E-state index in [2.05, 4.69) is 11.8 Å². The minimum Gasteiger partial charge on any atom is -0.434 e. The molecular formula is C9H10BNO. The zero-order valence-electron chi connectivity index (χ0n) is 7.00. The molecule has 0 radical (unpaired) electrons. The Hall–Kier alpha value is -1.51. The van der Waals surface area contributed by atoms with Gasteiger partial charge in [0.25, 0.3) is 0 Å². The predicted molar refractivity (Wildman–Crippen MR) is 54.1 cm³/mol. The third kappa shape index (κ3) is 1.56. The predicted octanol–water partition coefficient (Wildman–Crippen LogP) is 1.10. The molecule has 2 nitrogen and oxygen atoms in total. The largest absolute Gasteiger partial charge is 0.434 e. The Bertz CT molecular complexity index is 309. The van der Waals surface area contributed by atoms with E-state index in [-0.39, 0.29) is 0 Å². The average molecular weight is 159 g/mol. The SMILES string of the molecule is BNc1cc(C=C)ccc1C=O. The summed E-state index contributed by atoms with van der Waals surface area (Å²) >= 11 is 0. The molecule has 0 aliphatic rings. The molecule has 0 saturated carbocycles. The third-order valence-corrected chi connectivity index (χ3v) is 1.71. The number of benzene rings is 1. The van der Waals surface area contributed by atoms with Crippen LogP contribution in [0.4, 0.5) is 5.69 Å². The van der Waals surface area contributed by atoms with Crippen molar-refractivity contribution >= 4 is 26.0 Å². The highest BCUT2D eigenvalue weighted by atomic mass is 16.1. The van der Waals surface area contributed by atoms with Crippen LogP contribution in [0.1, 0.15) is 15.9 Å². The number of anilines is 1. The van der Waals surface area contributed by atoms with Crippen molar-refractivity contribution < 1.29 is 4.79 Å². The monoisotopic (exact) mass is 159 g/mol. The molecule has 1 aromatic rings. The molecule has 60 valence electrons. The van der Waals surface area contributed by atoms with E-state index in [4.69, 9.17) is 0 Å². The fourth-order valence-electron chi connectivity index (χ4n) is 1.02. The van der Waals surface area contributed by atoms with Crippen LogP contribution in [0, 0.1) is 0 Å². The van der Waals surface area contributed by atoms with Crippen molar-refractivity contribution in [3.63, 3.8) is 0 Å². The summed E-state index contributed by atoms with van der Waals surface area (Å²) in [6.45, 7) is 3.65. The van der Waals surface area contributed by atoms with E-state index in [0.717, 1.165) is 17.5 Å². The molecule has 0 atom stereocenters. The Labute approximate surface area is 72.7 Å². The van der Waals surface area contributed by atoms with Crippen LogP contribution in [-0.2, 0) is 0 Å². The second kappa shape index (κ2) is 3.76. The standard InChI is InChI=1S/C9H10BNO/c1-2-7-3-4-8(6-12)9(5-7)11-10/h2-6,11H,1,10H2. The highest BCUT2D eigenvalue weighted by Gasteiger charge is 1.98. The Morgan fingerprint density at radius 1 is 1.50 bits per heavy atom. The molecule has 0 heterocycles. The summed E-state index contributed by atoms with van der Waals surface area (Å²) in [6, 6.07) is 5.52. The number of aldehydes is 1. The molecule has 1 rings (SSSR count). The zero-order chi connectivity index (χ0) is 8.97. The first-order valence-electron chi connectivity index (χ1n) is 3.71. The van der Waals surface area contributed by atoms with Gasteiger partial charge in [0.1, 0.15) is 0 Å². The van der Waals surface area contributed by atoms with Crippen molar-refractivity contribution in [2.24, 2.45) is 0 Å². The summed E-state index contributed by atoms with van der Waals surface area (Å²) < 4.78 is 0. The van der Waals surface area contributed by atoms with Crippen molar-refractivity contribution in [1.82, 2.24) is 0 Å². The number of carbonyl (C=O) groups is 1. The van der Waals surface area contributed by atoms with Gasteiger partial charge >= 0.3 is 0 Å². The summed E-state index contributed by atoms with van der Waals surface area (Å²) in [5.74, 6) is 0. The second-order valence-electron chi connectivity index (χ2n) is 2.42. The smallest absolute Gasteiger partial charge is 0.214 e. The summed E-state index contributed by atoms with van der Waals surface area (Å²) in [4.78, 5) is 10.5. The molecule has 0 bridgehead atoms. The van der Waals surface area contributed by atoms with Gasteiger partial charge in [0.15, 0.2) is 6.29 Å². The van der Waals surface area contributed by atoms with Gasteiger partial charge in [0.05, 0.1) is 0 Å². The van der Waals surface area contributed by atoms with Crippen LogP contribution in [0.2, 0.25) is 0 Å². The summed E-state index contributed by atoms with van der Waals surface area (Å²) in [5.41, 5.74) is 2.51. The second-order valence-corrected chi connectivity index (χ2v) is 2.42. The number of hydrogen-bond acceptors (Lipinski definition) is 2. The first kappa shape index (κ1) is 8.59. The maximum Gasteiger partial charge on any atom is 0.214 e. The fraction of sp³-hybridized carbons (Fsp3) is 0. The van der Waals surface area contributed by atoms with E-state index in [1.54, 1.807) is 20.1 Å². The van der Waals surface area contributed by atoms with Gasteiger partial charge in [-0.15, -0.1) is 0 Å². The Morgan fingerprint density at radius 3 is 2.75 bits per heavy atom. The van der Waals surface area contributed by atoms with Gasteiger partial charge in [-0.3, -0.25) is 4.79 Å². The van der Waals surface area contributed by atoms with Gasteiger partial charge in [0, 0.05) is 11.3 Å². The minimum absolute atomic E-state index is 0.670. The van der Waals surface area contributed by atoms with Gasteiger partial charge in [0.2, 0.25) is 7.98 Å². The first-order valence-corrected chi connectivity index (χ1v) is 3.71. The lowest BCUT2D eigenvalue weighted by molar-refractivity contribution is 0.112. The van der Waals surface area contributed by atoms with Crippen LogP contribution < -0.4 is 5.23 Å². The molecule has 0 amide bonds.